The number of hydrazine groups is 1. The Balaban J connectivity index is 2.33. The molecule has 0 aromatic rings. The quantitative estimate of drug-likeness (QED) is 0.583. The molecule has 7 nitrogen and oxygen atoms in total. The van der Waals surface area contributed by atoms with Crippen LogP contribution in [0.1, 0.15) is 26.7 Å². The van der Waals surface area contributed by atoms with Crippen LogP contribution in [0, 0.1) is 5.41 Å². The van der Waals surface area contributed by atoms with E-state index in [-0.39, 0.29) is 18.4 Å². The Morgan fingerprint density at radius 1 is 1.22 bits per heavy atom. The standard InChI is InChI=1S/C11H19N3O4/c1-8(15)12-13-9(16)7-14-5-3-11(2,4-6-14)10(17)18/h3-7H2,1-2H3,(H,12,15)(H,13,16)(H,17,18). The van der Waals surface area contributed by atoms with E-state index in [1.807, 2.05) is 4.90 Å². The van der Waals surface area contributed by atoms with Gasteiger partial charge in [-0.1, -0.05) is 0 Å². The maximum absolute atomic E-state index is 11.4. The van der Waals surface area contributed by atoms with Crippen LogP contribution in [-0.2, 0) is 14.4 Å². The van der Waals surface area contributed by atoms with Gasteiger partial charge >= 0.3 is 5.97 Å². The summed E-state index contributed by atoms with van der Waals surface area (Å²) in [5.41, 5.74) is 3.80. The number of nitrogens with zero attached hydrogens (tertiary/aromatic N) is 1. The number of carboxylic acid groups (broad SMARTS) is 1. The molecule has 2 amide bonds. The molecule has 1 aliphatic rings. The summed E-state index contributed by atoms with van der Waals surface area (Å²) in [4.78, 5) is 34.9. The van der Waals surface area contributed by atoms with E-state index >= 15 is 0 Å². The van der Waals surface area contributed by atoms with Gasteiger partial charge in [-0.3, -0.25) is 30.1 Å². The second-order valence-corrected chi connectivity index (χ2v) is 4.87. The fourth-order valence-electron chi connectivity index (χ4n) is 1.82. The molecule has 0 radical (unpaired) electrons. The molecule has 0 spiro atoms. The second kappa shape index (κ2) is 5.81. The van der Waals surface area contributed by atoms with E-state index in [1.54, 1.807) is 6.92 Å². The van der Waals surface area contributed by atoms with Gasteiger partial charge in [0.15, 0.2) is 0 Å². The van der Waals surface area contributed by atoms with Gasteiger partial charge in [-0.2, -0.15) is 0 Å². The van der Waals surface area contributed by atoms with E-state index in [0.29, 0.717) is 25.9 Å². The fraction of sp³-hybridized carbons (Fsp3) is 0.727. The third kappa shape index (κ3) is 3.99. The van der Waals surface area contributed by atoms with Crippen LogP contribution in [0.3, 0.4) is 0 Å². The zero-order valence-corrected chi connectivity index (χ0v) is 10.7. The van der Waals surface area contributed by atoms with Crippen LogP contribution in [0.25, 0.3) is 0 Å². The summed E-state index contributed by atoms with van der Waals surface area (Å²) in [5.74, 6) is -1.42. The Morgan fingerprint density at radius 3 is 2.22 bits per heavy atom. The van der Waals surface area contributed by atoms with E-state index in [0.717, 1.165) is 0 Å². The highest BCUT2D eigenvalue weighted by molar-refractivity contribution is 5.82. The Morgan fingerprint density at radius 2 is 1.78 bits per heavy atom. The highest BCUT2D eigenvalue weighted by Crippen LogP contribution is 2.30. The van der Waals surface area contributed by atoms with Crippen molar-refractivity contribution in [3.05, 3.63) is 0 Å². The number of aliphatic carboxylic acids is 1. The summed E-state index contributed by atoms with van der Waals surface area (Å²) in [6.07, 6.45) is 1.05. The summed E-state index contributed by atoms with van der Waals surface area (Å²) >= 11 is 0. The van der Waals surface area contributed by atoms with Crippen LogP contribution in [-0.4, -0.2) is 47.4 Å². The van der Waals surface area contributed by atoms with Crippen molar-refractivity contribution >= 4 is 17.8 Å². The van der Waals surface area contributed by atoms with Gasteiger partial charge in [0.2, 0.25) is 5.91 Å². The molecular weight excluding hydrogens is 238 g/mol. The third-order valence-electron chi connectivity index (χ3n) is 3.22. The molecule has 1 saturated heterocycles. The van der Waals surface area contributed by atoms with Gasteiger partial charge in [0.25, 0.3) is 5.91 Å². The molecule has 7 heteroatoms. The van der Waals surface area contributed by atoms with Crippen LogP contribution < -0.4 is 10.9 Å². The minimum Gasteiger partial charge on any atom is -0.481 e. The van der Waals surface area contributed by atoms with Crippen molar-refractivity contribution in [3.63, 3.8) is 0 Å². The molecule has 0 aromatic carbocycles. The summed E-state index contributed by atoms with van der Waals surface area (Å²) in [6.45, 7) is 4.33. The highest BCUT2D eigenvalue weighted by atomic mass is 16.4. The minimum absolute atomic E-state index is 0.163. The largest absolute Gasteiger partial charge is 0.481 e. The molecule has 102 valence electrons. The van der Waals surface area contributed by atoms with Crippen LogP contribution in [0.15, 0.2) is 0 Å². The molecule has 1 aliphatic heterocycles. The first-order chi connectivity index (χ1) is 8.33. The van der Waals surface area contributed by atoms with Crippen LogP contribution >= 0.6 is 0 Å². The van der Waals surface area contributed by atoms with Crippen molar-refractivity contribution in [1.29, 1.82) is 0 Å². The number of carbonyl (C=O) groups is 3. The third-order valence-corrected chi connectivity index (χ3v) is 3.22. The van der Waals surface area contributed by atoms with Crippen LogP contribution in [0.2, 0.25) is 0 Å². The van der Waals surface area contributed by atoms with Gasteiger partial charge in [0.05, 0.1) is 12.0 Å². The fourth-order valence-corrected chi connectivity index (χ4v) is 1.82. The molecule has 0 unspecified atom stereocenters. The molecule has 1 rings (SSSR count). The van der Waals surface area contributed by atoms with E-state index < -0.39 is 11.4 Å². The lowest BCUT2D eigenvalue weighted by atomic mass is 9.80. The van der Waals surface area contributed by atoms with Gasteiger partial charge in [-0.15, -0.1) is 0 Å². The summed E-state index contributed by atoms with van der Waals surface area (Å²) < 4.78 is 0. The van der Waals surface area contributed by atoms with Crippen molar-refractivity contribution in [2.75, 3.05) is 19.6 Å². The Kier molecular flexibility index (Phi) is 4.66. The first kappa shape index (κ1) is 14.4. The number of hydrogen-bond acceptors (Lipinski definition) is 4. The van der Waals surface area contributed by atoms with E-state index in [2.05, 4.69) is 10.9 Å². The normalized spacial score (nSPS) is 19.0. The minimum atomic E-state index is -0.787. The van der Waals surface area contributed by atoms with E-state index in [4.69, 9.17) is 5.11 Å². The molecule has 0 atom stereocenters. The SMILES string of the molecule is CC(=O)NNC(=O)CN1CCC(C)(C(=O)O)CC1. The van der Waals surface area contributed by atoms with Gasteiger partial charge in [0, 0.05) is 6.92 Å². The Bertz CT molecular complexity index is 348. The Labute approximate surface area is 105 Å². The average Bonchev–Trinajstić information content (AvgIpc) is 2.29. The zero-order chi connectivity index (χ0) is 13.8. The topological polar surface area (TPSA) is 98.7 Å². The van der Waals surface area contributed by atoms with Crippen molar-refractivity contribution in [1.82, 2.24) is 15.8 Å². The maximum Gasteiger partial charge on any atom is 0.309 e. The summed E-state index contributed by atoms with van der Waals surface area (Å²) in [5, 5.41) is 9.07. The van der Waals surface area contributed by atoms with Crippen molar-refractivity contribution in [2.45, 2.75) is 26.7 Å². The molecule has 3 N–H and O–H groups in total. The molecule has 0 bridgehead atoms. The predicted molar refractivity (Wildman–Crippen MR) is 63.4 cm³/mol. The lowest BCUT2D eigenvalue weighted by molar-refractivity contribution is -0.150. The van der Waals surface area contributed by atoms with E-state index in [9.17, 15) is 14.4 Å². The zero-order valence-electron chi connectivity index (χ0n) is 10.7. The predicted octanol–water partition coefficient (Wildman–Crippen LogP) is -0.660. The number of amides is 2. The summed E-state index contributed by atoms with van der Waals surface area (Å²) in [7, 11) is 0. The molecule has 0 aliphatic carbocycles. The first-order valence-corrected chi connectivity index (χ1v) is 5.85. The average molecular weight is 257 g/mol. The lowest BCUT2D eigenvalue weighted by Crippen LogP contribution is -2.49. The number of piperidine rings is 1. The maximum atomic E-state index is 11.4. The van der Waals surface area contributed by atoms with Crippen molar-refractivity contribution in [2.24, 2.45) is 5.41 Å². The van der Waals surface area contributed by atoms with Crippen molar-refractivity contribution in [3.8, 4) is 0 Å². The highest BCUT2D eigenvalue weighted by Gasteiger charge is 2.37. The van der Waals surface area contributed by atoms with Crippen molar-refractivity contribution < 1.29 is 19.5 Å². The number of hydrogen-bond donors (Lipinski definition) is 3. The summed E-state index contributed by atoms with van der Waals surface area (Å²) in [6, 6.07) is 0. The molecule has 18 heavy (non-hydrogen) atoms. The number of likely N-dealkylation sites (tertiary alicyclic amines) is 1. The van der Waals surface area contributed by atoms with E-state index in [1.165, 1.54) is 6.92 Å². The number of rotatable bonds is 3. The van der Waals surface area contributed by atoms with Gasteiger partial charge < -0.3 is 5.11 Å². The Hall–Kier alpha value is -1.63. The van der Waals surface area contributed by atoms with Crippen LogP contribution in [0.5, 0.6) is 0 Å². The van der Waals surface area contributed by atoms with Gasteiger partial charge in [0.1, 0.15) is 0 Å². The first-order valence-electron chi connectivity index (χ1n) is 5.85. The molecule has 0 aromatic heterocycles. The number of nitrogens with one attached hydrogen (secondary N) is 2. The van der Waals surface area contributed by atoms with Gasteiger partial charge in [-0.25, -0.2) is 0 Å². The molecule has 0 saturated carbocycles. The van der Waals surface area contributed by atoms with Gasteiger partial charge in [-0.05, 0) is 32.9 Å². The monoisotopic (exact) mass is 257 g/mol. The number of carboxylic acids is 1. The molecule has 1 fully saturated rings. The number of carbonyl (C=O) groups excluding carboxylic acids is 2. The molecule has 1 heterocycles. The second-order valence-electron chi connectivity index (χ2n) is 4.87. The smallest absolute Gasteiger partial charge is 0.309 e. The lowest BCUT2D eigenvalue weighted by Gasteiger charge is -2.35. The molecular formula is C11H19N3O4. The van der Waals surface area contributed by atoms with Crippen LogP contribution in [0.4, 0.5) is 0 Å².